The van der Waals surface area contributed by atoms with E-state index in [1.807, 2.05) is 6.21 Å². The van der Waals surface area contributed by atoms with E-state index in [0.717, 1.165) is 11.3 Å². The van der Waals surface area contributed by atoms with Crippen molar-refractivity contribution in [2.45, 2.75) is 27.7 Å². The summed E-state index contributed by atoms with van der Waals surface area (Å²) >= 11 is 0. The third-order valence-corrected chi connectivity index (χ3v) is 4.94. The third-order valence-electron chi connectivity index (χ3n) is 4.94. The number of aromatic nitrogens is 1. The van der Waals surface area contributed by atoms with Crippen molar-refractivity contribution >= 4 is 17.6 Å². The number of hydrogen-bond donors (Lipinski definition) is 0. The topological polar surface area (TPSA) is 20.5 Å². The lowest BCUT2D eigenvalue weighted by Crippen LogP contribution is -2.08. The molecule has 0 bridgehead atoms. The van der Waals surface area contributed by atoms with Crippen LogP contribution in [0.4, 0.5) is 11.4 Å². The molecular weight excluding hydrogens is 318 g/mol. The van der Waals surface area contributed by atoms with E-state index in [2.05, 4.69) is 105 Å². The molecule has 0 atom stereocenters. The van der Waals surface area contributed by atoms with Crippen LogP contribution in [0.2, 0.25) is 0 Å². The first kappa shape index (κ1) is 18.0. The van der Waals surface area contributed by atoms with Gasteiger partial charge in [-0.2, -0.15) is 0 Å². The Morgan fingerprint density at radius 3 is 2.15 bits per heavy atom. The number of nitrogens with zero attached hydrogens (tertiary/aromatic N) is 3. The summed E-state index contributed by atoms with van der Waals surface area (Å²) in [7, 11) is 4.12. The van der Waals surface area contributed by atoms with Crippen LogP contribution in [-0.2, 0) is 0 Å². The number of benzene rings is 2. The zero-order chi connectivity index (χ0) is 18.8. The maximum Gasteiger partial charge on any atom is 0.0632 e. The molecule has 0 radical (unpaired) electrons. The molecule has 0 fully saturated rings. The van der Waals surface area contributed by atoms with E-state index >= 15 is 0 Å². The van der Waals surface area contributed by atoms with Gasteiger partial charge in [0.1, 0.15) is 0 Å². The van der Waals surface area contributed by atoms with Crippen LogP contribution in [0, 0.1) is 27.7 Å². The van der Waals surface area contributed by atoms with Gasteiger partial charge in [-0.15, -0.1) is 0 Å². The summed E-state index contributed by atoms with van der Waals surface area (Å²) in [5.74, 6) is 0. The van der Waals surface area contributed by atoms with Gasteiger partial charge in [-0.1, -0.05) is 6.07 Å². The maximum atomic E-state index is 4.68. The molecule has 1 aromatic heterocycles. The Balaban J connectivity index is 1.92. The molecule has 0 saturated heterocycles. The summed E-state index contributed by atoms with van der Waals surface area (Å²) in [4.78, 5) is 6.79. The van der Waals surface area contributed by atoms with Gasteiger partial charge < -0.3 is 9.47 Å². The maximum absolute atomic E-state index is 4.68. The molecule has 3 heteroatoms. The molecule has 26 heavy (non-hydrogen) atoms. The first-order chi connectivity index (χ1) is 12.4. The van der Waals surface area contributed by atoms with Crippen LogP contribution in [0.5, 0.6) is 0 Å². The monoisotopic (exact) mass is 345 g/mol. The molecular formula is C23H27N3. The van der Waals surface area contributed by atoms with Crippen molar-refractivity contribution in [2.75, 3.05) is 19.0 Å². The fourth-order valence-electron chi connectivity index (χ4n) is 3.17. The Labute approximate surface area is 156 Å². The second-order valence-electron chi connectivity index (χ2n) is 7.10. The van der Waals surface area contributed by atoms with Crippen LogP contribution in [0.15, 0.2) is 53.5 Å². The highest BCUT2D eigenvalue weighted by atomic mass is 15.1. The van der Waals surface area contributed by atoms with E-state index in [1.54, 1.807) is 0 Å². The lowest BCUT2D eigenvalue weighted by molar-refractivity contribution is 0.963. The van der Waals surface area contributed by atoms with E-state index in [4.69, 9.17) is 0 Å². The van der Waals surface area contributed by atoms with Crippen molar-refractivity contribution in [2.24, 2.45) is 4.99 Å². The van der Waals surface area contributed by atoms with Crippen LogP contribution in [0.3, 0.4) is 0 Å². The quantitative estimate of drug-likeness (QED) is 0.570. The fraction of sp³-hybridized carbons (Fsp3) is 0.261. The van der Waals surface area contributed by atoms with Gasteiger partial charge in [-0.05, 0) is 81.3 Å². The van der Waals surface area contributed by atoms with E-state index < -0.39 is 0 Å². The van der Waals surface area contributed by atoms with E-state index in [1.165, 1.54) is 33.9 Å². The Bertz CT molecular complexity index is 944. The van der Waals surface area contributed by atoms with Gasteiger partial charge in [0.25, 0.3) is 0 Å². The van der Waals surface area contributed by atoms with Crippen LogP contribution in [-0.4, -0.2) is 24.9 Å². The highest BCUT2D eigenvalue weighted by Crippen LogP contribution is 2.23. The molecule has 0 amide bonds. The standard InChI is InChI=1S/C23H27N3/c1-16-7-8-21(13-17(16)2)24-15-20-14-18(3)26(19(20)4)23-11-9-22(10-12-23)25(5)6/h7-15H,1-6H3. The Morgan fingerprint density at radius 1 is 0.846 bits per heavy atom. The molecule has 134 valence electrons. The van der Waals surface area contributed by atoms with Gasteiger partial charge in [0.15, 0.2) is 0 Å². The molecule has 3 nitrogen and oxygen atoms in total. The Hall–Kier alpha value is -2.81. The highest BCUT2D eigenvalue weighted by molar-refractivity contribution is 5.84. The minimum Gasteiger partial charge on any atom is -0.378 e. The van der Waals surface area contributed by atoms with Crippen molar-refractivity contribution in [1.29, 1.82) is 0 Å². The van der Waals surface area contributed by atoms with Gasteiger partial charge >= 0.3 is 0 Å². The second-order valence-corrected chi connectivity index (χ2v) is 7.10. The van der Waals surface area contributed by atoms with Gasteiger partial charge in [0.05, 0.1) is 5.69 Å². The van der Waals surface area contributed by atoms with Crippen molar-refractivity contribution in [3.63, 3.8) is 0 Å². The first-order valence-electron chi connectivity index (χ1n) is 8.95. The lowest BCUT2D eigenvalue weighted by Gasteiger charge is -2.14. The van der Waals surface area contributed by atoms with Crippen LogP contribution >= 0.6 is 0 Å². The molecule has 1 heterocycles. The van der Waals surface area contributed by atoms with Crippen molar-refractivity contribution < 1.29 is 0 Å². The number of anilines is 1. The minimum absolute atomic E-state index is 0.994. The fourth-order valence-corrected chi connectivity index (χ4v) is 3.17. The van der Waals surface area contributed by atoms with Crippen molar-refractivity contribution in [1.82, 2.24) is 4.57 Å². The molecule has 0 aliphatic rings. The molecule has 0 spiro atoms. The van der Waals surface area contributed by atoms with E-state index in [9.17, 15) is 0 Å². The molecule has 0 aliphatic carbocycles. The summed E-state index contributed by atoms with van der Waals surface area (Å²) < 4.78 is 2.28. The second kappa shape index (κ2) is 7.20. The van der Waals surface area contributed by atoms with Gasteiger partial charge in [0, 0.05) is 48.6 Å². The summed E-state index contributed by atoms with van der Waals surface area (Å²) in [6, 6.07) is 17.1. The third kappa shape index (κ3) is 3.57. The van der Waals surface area contributed by atoms with Crippen molar-refractivity contribution in [3.8, 4) is 5.69 Å². The van der Waals surface area contributed by atoms with E-state index in [0.29, 0.717) is 0 Å². The average Bonchev–Trinajstić information content (AvgIpc) is 2.90. The van der Waals surface area contributed by atoms with Gasteiger partial charge in [-0.3, -0.25) is 4.99 Å². The summed E-state index contributed by atoms with van der Waals surface area (Å²) in [6.07, 6.45) is 1.97. The molecule has 2 aromatic carbocycles. The molecule has 0 aliphatic heterocycles. The zero-order valence-electron chi connectivity index (χ0n) is 16.5. The van der Waals surface area contributed by atoms with Crippen LogP contribution in [0.1, 0.15) is 28.1 Å². The number of aryl methyl sites for hydroxylation is 3. The van der Waals surface area contributed by atoms with E-state index in [-0.39, 0.29) is 0 Å². The smallest absolute Gasteiger partial charge is 0.0632 e. The molecule has 3 aromatic rings. The SMILES string of the molecule is Cc1ccc(N=Cc2cc(C)n(-c3ccc(N(C)C)cc3)c2C)cc1C. The Kier molecular flexibility index (Phi) is 4.99. The predicted octanol–water partition coefficient (Wildman–Crippen LogP) is 5.53. The zero-order valence-corrected chi connectivity index (χ0v) is 16.5. The summed E-state index contributed by atoms with van der Waals surface area (Å²) in [5, 5.41) is 0. The Morgan fingerprint density at radius 2 is 1.54 bits per heavy atom. The number of aliphatic imine (C=N–C) groups is 1. The average molecular weight is 345 g/mol. The summed E-state index contributed by atoms with van der Waals surface area (Å²) in [5.41, 5.74) is 9.50. The molecule has 0 unspecified atom stereocenters. The highest BCUT2D eigenvalue weighted by Gasteiger charge is 2.09. The van der Waals surface area contributed by atoms with Gasteiger partial charge in [0.2, 0.25) is 0 Å². The van der Waals surface area contributed by atoms with Gasteiger partial charge in [-0.25, -0.2) is 0 Å². The van der Waals surface area contributed by atoms with Crippen LogP contribution in [0.25, 0.3) is 5.69 Å². The van der Waals surface area contributed by atoms with Crippen LogP contribution < -0.4 is 4.90 Å². The first-order valence-corrected chi connectivity index (χ1v) is 8.95. The molecule has 3 rings (SSSR count). The number of rotatable bonds is 4. The normalized spacial score (nSPS) is 11.3. The van der Waals surface area contributed by atoms with Crippen molar-refractivity contribution in [3.05, 3.63) is 76.6 Å². The largest absolute Gasteiger partial charge is 0.378 e. The lowest BCUT2D eigenvalue weighted by atomic mass is 10.1. The number of hydrogen-bond acceptors (Lipinski definition) is 2. The molecule has 0 saturated carbocycles. The molecule has 0 N–H and O–H groups in total. The summed E-state index contributed by atoms with van der Waals surface area (Å²) in [6.45, 7) is 8.53. The minimum atomic E-state index is 0.994. The predicted molar refractivity (Wildman–Crippen MR) is 113 cm³/mol.